The van der Waals surface area contributed by atoms with Crippen molar-refractivity contribution in [2.24, 2.45) is 11.1 Å². The van der Waals surface area contributed by atoms with Gasteiger partial charge in [0.05, 0.1) is 5.71 Å². The highest BCUT2D eigenvalue weighted by atomic mass is 28.4. The van der Waals surface area contributed by atoms with Gasteiger partial charge in [-0.3, -0.25) is 0 Å². The number of benzene rings is 1. The molecular formula is C16H25NO2Si. The van der Waals surface area contributed by atoms with Crippen molar-refractivity contribution in [3.8, 4) is 0 Å². The highest BCUT2D eigenvalue weighted by molar-refractivity contribution is 6.69. The van der Waals surface area contributed by atoms with Gasteiger partial charge in [-0.15, -0.1) is 0 Å². The molecule has 1 heterocycles. The van der Waals surface area contributed by atoms with Crippen LogP contribution in [0.3, 0.4) is 0 Å². The van der Waals surface area contributed by atoms with Crippen molar-refractivity contribution < 1.29 is 9.26 Å². The molecule has 0 spiro atoms. The van der Waals surface area contributed by atoms with Crippen LogP contribution in [0.4, 0.5) is 0 Å². The van der Waals surface area contributed by atoms with Crippen molar-refractivity contribution in [1.82, 2.24) is 0 Å². The Kier molecular flexibility index (Phi) is 4.35. The minimum Gasteiger partial charge on any atom is -0.380 e. The van der Waals surface area contributed by atoms with Crippen molar-refractivity contribution in [2.45, 2.75) is 52.1 Å². The lowest BCUT2D eigenvalue weighted by atomic mass is 9.89. The van der Waals surface area contributed by atoms with Crippen LogP contribution in [0.1, 0.15) is 32.3 Å². The normalized spacial score (nSPS) is 26.9. The third-order valence-corrected chi connectivity index (χ3v) is 4.60. The molecule has 3 nitrogen and oxygen atoms in total. The van der Waals surface area contributed by atoms with E-state index in [-0.39, 0.29) is 0 Å². The van der Waals surface area contributed by atoms with Crippen LogP contribution in [0, 0.1) is 5.92 Å². The molecule has 0 unspecified atom stereocenters. The molecule has 2 atom stereocenters. The largest absolute Gasteiger partial charge is 0.380 e. The van der Waals surface area contributed by atoms with Crippen LogP contribution < -0.4 is 0 Å². The molecule has 0 amide bonds. The zero-order valence-electron chi connectivity index (χ0n) is 13.1. The van der Waals surface area contributed by atoms with Gasteiger partial charge >= 0.3 is 0 Å². The molecule has 20 heavy (non-hydrogen) atoms. The second kappa shape index (κ2) is 5.70. The summed E-state index contributed by atoms with van der Waals surface area (Å²) >= 11 is 0. The third kappa shape index (κ3) is 3.30. The van der Waals surface area contributed by atoms with Crippen molar-refractivity contribution in [2.75, 3.05) is 0 Å². The van der Waals surface area contributed by atoms with Crippen LogP contribution >= 0.6 is 0 Å². The zero-order chi connectivity index (χ0) is 14.8. The Morgan fingerprint density at radius 1 is 1.30 bits per heavy atom. The first-order chi connectivity index (χ1) is 9.36. The van der Waals surface area contributed by atoms with Crippen molar-refractivity contribution in [3.05, 3.63) is 35.9 Å². The van der Waals surface area contributed by atoms with E-state index in [9.17, 15) is 0 Å². The summed E-state index contributed by atoms with van der Waals surface area (Å²) in [5.41, 5.74) is 2.15. The molecule has 2 rings (SSSR count). The van der Waals surface area contributed by atoms with Gasteiger partial charge in [0.15, 0.2) is 8.32 Å². The molecule has 4 heteroatoms. The fourth-order valence-corrected chi connectivity index (χ4v) is 4.05. The Labute approximate surface area is 123 Å². The summed E-state index contributed by atoms with van der Waals surface area (Å²) < 4.78 is 6.32. The summed E-state index contributed by atoms with van der Waals surface area (Å²) in [7, 11) is -1.68. The quantitative estimate of drug-likeness (QED) is 0.770. The molecule has 1 aliphatic rings. The lowest BCUT2D eigenvalue weighted by Crippen LogP contribution is -2.50. The van der Waals surface area contributed by atoms with E-state index in [4.69, 9.17) is 9.26 Å². The van der Waals surface area contributed by atoms with Gasteiger partial charge in [-0.25, -0.2) is 0 Å². The Hall–Kier alpha value is -1.13. The van der Waals surface area contributed by atoms with Gasteiger partial charge in [-0.05, 0) is 25.2 Å². The molecule has 0 bridgehead atoms. The molecule has 1 aliphatic heterocycles. The Morgan fingerprint density at radius 3 is 2.45 bits per heavy atom. The molecule has 0 fully saturated rings. The van der Waals surface area contributed by atoms with E-state index in [1.54, 1.807) is 0 Å². The lowest BCUT2D eigenvalue weighted by molar-refractivity contribution is -0.227. The van der Waals surface area contributed by atoms with Gasteiger partial charge in [0, 0.05) is 18.8 Å². The lowest BCUT2D eigenvalue weighted by Gasteiger charge is -2.42. The standard InChI is InChI=1S/C16H25NO2Si/c1-6-16(19-20(3,4)5)13(2)12-15(17-18-16)14-10-8-7-9-11-14/h7-11,13H,6,12H2,1-5H3/t13-,16+/m1/s1. The first-order valence-electron chi connectivity index (χ1n) is 7.37. The molecule has 110 valence electrons. The van der Waals surface area contributed by atoms with Gasteiger partial charge in [0.2, 0.25) is 5.79 Å². The van der Waals surface area contributed by atoms with E-state index in [0.717, 1.165) is 24.1 Å². The number of hydrogen-bond donors (Lipinski definition) is 0. The fourth-order valence-electron chi connectivity index (χ4n) is 2.63. The smallest absolute Gasteiger partial charge is 0.230 e. The Morgan fingerprint density at radius 2 is 1.95 bits per heavy atom. The average molecular weight is 291 g/mol. The van der Waals surface area contributed by atoms with E-state index >= 15 is 0 Å². The number of nitrogens with zero attached hydrogens (tertiary/aromatic N) is 1. The van der Waals surface area contributed by atoms with Crippen LogP contribution in [-0.4, -0.2) is 19.8 Å². The predicted octanol–water partition coefficient (Wildman–Crippen LogP) is 4.40. The number of oxime groups is 1. The van der Waals surface area contributed by atoms with E-state index < -0.39 is 14.1 Å². The van der Waals surface area contributed by atoms with Gasteiger partial charge < -0.3 is 9.26 Å². The van der Waals surface area contributed by atoms with Crippen molar-refractivity contribution >= 4 is 14.0 Å². The Bertz CT molecular complexity index is 481. The maximum absolute atomic E-state index is 6.32. The first-order valence-corrected chi connectivity index (χ1v) is 10.8. The second-order valence-electron chi connectivity index (χ2n) is 6.48. The second-order valence-corrected chi connectivity index (χ2v) is 10.9. The molecule has 1 aromatic carbocycles. The van der Waals surface area contributed by atoms with Crippen LogP contribution in [0.2, 0.25) is 19.6 Å². The van der Waals surface area contributed by atoms with E-state index in [1.165, 1.54) is 0 Å². The minimum absolute atomic E-state index is 0.298. The summed E-state index contributed by atoms with van der Waals surface area (Å²) in [6.07, 6.45) is 1.71. The maximum atomic E-state index is 6.32. The monoisotopic (exact) mass is 291 g/mol. The topological polar surface area (TPSA) is 30.8 Å². The SMILES string of the molecule is CC[C@@]1(O[Si](C)(C)C)ON=C(c2ccccc2)C[C@H]1C. The highest BCUT2D eigenvalue weighted by Gasteiger charge is 2.45. The summed E-state index contributed by atoms with van der Waals surface area (Å²) in [6.45, 7) is 10.9. The van der Waals surface area contributed by atoms with Gasteiger partial charge in [0.1, 0.15) is 0 Å². The molecule has 0 aliphatic carbocycles. The molecular weight excluding hydrogens is 266 g/mol. The zero-order valence-corrected chi connectivity index (χ0v) is 14.1. The molecule has 1 aromatic rings. The van der Waals surface area contributed by atoms with E-state index in [2.05, 4.69) is 50.8 Å². The molecule has 0 aromatic heterocycles. The van der Waals surface area contributed by atoms with Gasteiger partial charge in [-0.1, -0.05) is 49.3 Å². The summed E-state index contributed by atoms with van der Waals surface area (Å²) in [4.78, 5) is 5.87. The van der Waals surface area contributed by atoms with Gasteiger partial charge in [0.25, 0.3) is 0 Å². The number of rotatable bonds is 4. The van der Waals surface area contributed by atoms with Crippen LogP contribution in [-0.2, 0) is 9.26 Å². The van der Waals surface area contributed by atoms with E-state index in [0.29, 0.717) is 5.92 Å². The first kappa shape index (κ1) is 15.3. The third-order valence-electron chi connectivity index (χ3n) is 3.64. The molecule has 0 saturated heterocycles. The Balaban J connectivity index is 2.23. The van der Waals surface area contributed by atoms with Crippen LogP contribution in [0.25, 0.3) is 0 Å². The summed E-state index contributed by atoms with van der Waals surface area (Å²) in [6, 6.07) is 10.2. The fraction of sp³-hybridized carbons (Fsp3) is 0.562. The highest BCUT2D eigenvalue weighted by Crippen LogP contribution is 2.37. The van der Waals surface area contributed by atoms with Crippen molar-refractivity contribution in [3.63, 3.8) is 0 Å². The minimum atomic E-state index is -1.68. The van der Waals surface area contributed by atoms with Crippen LogP contribution in [0.15, 0.2) is 35.5 Å². The average Bonchev–Trinajstić information content (AvgIpc) is 2.40. The maximum Gasteiger partial charge on any atom is 0.230 e. The molecule has 0 saturated carbocycles. The van der Waals surface area contributed by atoms with Crippen LogP contribution in [0.5, 0.6) is 0 Å². The number of hydrogen-bond acceptors (Lipinski definition) is 3. The molecule has 0 N–H and O–H groups in total. The predicted molar refractivity (Wildman–Crippen MR) is 85.3 cm³/mol. The molecule has 0 radical (unpaired) electrons. The van der Waals surface area contributed by atoms with E-state index in [1.807, 2.05) is 18.2 Å². The summed E-state index contributed by atoms with van der Waals surface area (Å²) in [5, 5.41) is 4.37. The van der Waals surface area contributed by atoms with Crippen molar-refractivity contribution in [1.29, 1.82) is 0 Å². The summed E-state index contributed by atoms with van der Waals surface area (Å²) in [5.74, 6) is -0.255. The van der Waals surface area contributed by atoms with Gasteiger partial charge in [-0.2, -0.15) is 0 Å².